The van der Waals surface area contributed by atoms with Crippen LogP contribution in [0.25, 0.3) is 31.3 Å². The van der Waals surface area contributed by atoms with Crippen LogP contribution in [-0.4, -0.2) is 58.4 Å². The third kappa shape index (κ3) is 8.87. The molecule has 2 aliphatic carbocycles. The molecule has 248 valence electrons. The summed E-state index contributed by atoms with van der Waals surface area (Å²) in [5.74, 6) is -2.07. The van der Waals surface area contributed by atoms with Crippen molar-refractivity contribution >= 4 is 12.1 Å². The van der Waals surface area contributed by atoms with Gasteiger partial charge in [-0.05, 0) is 71.7 Å². The van der Waals surface area contributed by atoms with Crippen LogP contribution in [0.1, 0.15) is 57.1 Å². The van der Waals surface area contributed by atoms with Crippen LogP contribution in [0, 0.1) is 17.8 Å². The standard InChI is InChI=1S/C32H40N10O5/c1-3-28(42(18-21-10-6-4-7-11-21)32(45)46-19-22-12-8-5-9-13-22)23-14-15-25(36-39-33)24(16-23)29-26(37-40-34)17-27(38-41-35)31(30(29)44)47-20(2)43/h4-13,23-31,44H,3,14-19H2,1-2H3/t23-,24+,25?,26?,27?,28-,29?,30+,31+/m1/s1. The predicted octanol–water partition coefficient (Wildman–Crippen LogP) is 7.37. The third-order valence-electron chi connectivity index (χ3n) is 9.33. The zero-order chi connectivity index (χ0) is 33.8. The van der Waals surface area contributed by atoms with Gasteiger partial charge in [-0.3, -0.25) is 4.79 Å². The molecule has 0 bridgehead atoms. The Morgan fingerprint density at radius 2 is 1.49 bits per heavy atom. The lowest BCUT2D eigenvalue weighted by Crippen LogP contribution is -2.58. The largest absolute Gasteiger partial charge is 0.459 e. The maximum atomic E-state index is 13.8. The summed E-state index contributed by atoms with van der Waals surface area (Å²) in [5.41, 5.74) is 29.9. The molecular weight excluding hydrogens is 604 g/mol. The summed E-state index contributed by atoms with van der Waals surface area (Å²) in [5, 5.41) is 23.5. The highest BCUT2D eigenvalue weighted by atomic mass is 16.6. The molecule has 0 saturated heterocycles. The van der Waals surface area contributed by atoms with E-state index in [-0.39, 0.29) is 25.0 Å². The van der Waals surface area contributed by atoms with E-state index in [2.05, 4.69) is 30.1 Å². The summed E-state index contributed by atoms with van der Waals surface area (Å²) in [6.45, 7) is 3.61. The summed E-state index contributed by atoms with van der Waals surface area (Å²) in [6.07, 6.45) is -0.907. The minimum atomic E-state index is -1.38. The van der Waals surface area contributed by atoms with Crippen molar-refractivity contribution in [2.24, 2.45) is 33.1 Å². The van der Waals surface area contributed by atoms with Gasteiger partial charge in [0.1, 0.15) is 12.7 Å². The van der Waals surface area contributed by atoms with Crippen LogP contribution in [0.2, 0.25) is 0 Å². The number of aliphatic hydroxyl groups is 1. The number of hydrogen-bond acceptors (Lipinski definition) is 8. The quantitative estimate of drug-likeness (QED) is 0.108. The molecule has 0 heterocycles. The highest BCUT2D eigenvalue weighted by Gasteiger charge is 2.52. The molecule has 9 atom stereocenters. The fraction of sp³-hybridized carbons (Fsp3) is 0.562. The van der Waals surface area contributed by atoms with Gasteiger partial charge in [0, 0.05) is 52.2 Å². The van der Waals surface area contributed by atoms with Crippen molar-refractivity contribution in [3.05, 3.63) is 103 Å². The minimum Gasteiger partial charge on any atom is -0.459 e. The molecule has 0 radical (unpaired) electrons. The molecule has 4 unspecified atom stereocenters. The number of benzene rings is 2. The Bertz CT molecular complexity index is 1490. The van der Waals surface area contributed by atoms with Gasteiger partial charge in [-0.1, -0.05) is 82.9 Å². The zero-order valence-electron chi connectivity index (χ0n) is 26.5. The van der Waals surface area contributed by atoms with Gasteiger partial charge < -0.3 is 19.5 Å². The van der Waals surface area contributed by atoms with Crippen LogP contribution < -0.4 is 0 Å². The molecule has 0 aliphatic heterocycles. The first-order valence-corrected chi connectivity index (χ1v) is 15.8. The summed E-state index contributed by atoms with van der Waals surface area (Å²) >= 11 is 0. The average Bonchev–Trinajstić information content (AvgIpc) is 3.07. The van der Waals surface area contributed by atoms with Crippen LogP contribution in [0.5, 0.6) is 0 Å². The highest BCUT2D eigenvalue weighted by molar-refractivity contribution is 5.68. The minimum absolute atomic E-state index is 0.0289. The SMILES string of the molecule is CC[C@H]([C@@H]1CCC(N=[N+]=[N-])[C@@H](C2C(N=[N+]=[N-])CC(N=[N+]=[N-])[C@H](OC(C)=O)[C@H]2O)C1)N(Cc1ccccc1)C(=O)OCc1ccccc1. The molecule has 2 saturated carbocycles. The number of carbonyl (C=O) groups excluding carboxylic acids is 2. The number of azide groups is 3. The number of esters is 1. The number of ether oxygens (including phenoxy) is 2. The average molecular weight is 645 g/mol. The van der Waals surface area contributed by atoms with Crippen molar-refractivity contribution in [3.63, 3.8) is 0 Å². The van der Waals surface area contributed by atoms with E-state index in [9.17, 15) is 25.8 Å². The van der Waals surface area contributed by atoms with Crippen LogP contribution in [0.4, 0.5) is 4.79 Å². The van der Waals surface area contributed by atoms with Gasteiger partial charge in [0.2, 0.25) is 0 Å². The van der Waals surface area contributed by atoms with E-state index >= 15 is 0 Å². The lowest BCUT2D eigenvalue weighted by Gasteiger charge is -2.49. The van der Waals surface area contributed by atoms with Crippen molar-refractivity contribution in [1.82, 2.24) is 4.90 Å². The molecule has 2 fully saturated rings. The smallest absolute Gasteiger partial charge is 0.410 e. The van der Waals surface area contributed by atoms with Crippen molar-refractivity contribution in [3.8, 4) is 0 Å². The molecule has 15 nitrogen and oxygen atoms in total. The van der Waals surface area contributed by atoms with Gasteiger partial charge in [-0.25, -0.2) is 4.79 Å². The maximum Gasteiger partial charge on any atom is 0.410 e. The van der Waals surface area contributed by atoms with E-state index in [1.54, 1.807) is 4.90 Å². The Morgan fingerprint density at radius 1 is 0.894 bits per heavy atom. The molecular formula is C32H40N10O5. The summed E-state index contributed by atoms with van der Waals surface area (Å²) in [6, 6.07) is 16.4. The lowest BCUT2D eigenvalue weighted by molar-refractivity contribution is -0.164. The van der Waals surface area contributed by atoms with Crippen molar-refractivity contribution < 1.29 is 24.2 Å². The fourth-order valence-electron chi connectivity index (χ4n) is 7.37. The Morgan fingerprint density at radius 3 is 2.09 bits per heavy atom. The number of carbonyl (C=O) groups is 2. The Labute approximate surface area is 272 Å². The van der Waals surface area contributed by atoms with E-state index in [0.717, 1.165) is 11.1 Å². The van der Waals surface area contributed by atoms with Crippen LogP contribution in [-0.2, 0) is 27.4 Å². The molecule has 0 aromatic heterocycles. The van der Waals surface area contributed by atoms with Crippen molar-refractivity contribution in [2.45, 2.75) is 95.5 Å². The molecule has 0 spiro atoms. The first-order valence-electron chi connectivity index (χ1n) is 15.8. The zero-order valence-corrected chi connectivity index (χ0v) is 26.5. The Balaban J connectivity index is 1.68. The number of hydrogen-bond donors (Lipinski definition) is 1. The monoisotopic (exact) mass is 644 g/mol. The van der Waals surface area contributed by atoms with Crippen LogP contribution in [0.15, 0.2) is 76.0 Å². The van der Waals surface area contributed by atoms with E-state index in [0.29, 0.717) is 32.2 Å². The number of nitrogens with zero attached hydrogens (tertiary/aromatic N) is 10. The fourth-order valence-corrected chi connectivity index (χ4v) is 7.37. The topological polar surface area (TPSA) is 222 Å². The molecule has 2 aromatic carbocycles. The van der Waals surface area contributed by atoms with E-state index in [1.807, 2.05) is 67.6 Å². The number of rotatable bonds is 12. The molecule has 47 heavy (non-hydrogen) atoms. The van der Waals surface area contributed by atoms with Gasteiger partial charge in [0.25, 0.3) is 0 Å². The lowest BCUT2D eigenvalue weighted by atomic mass is 9.63. The molecule has 2 aliphatic rings. The molecule has 4 rings (SSSR count). The van der Waals surface area contributed by atoms with Gasteiger partial charge in [-0.2, -0.15) is 0 Å². The normalized spacial score (nSPS) is 27.5. The maximum absolute atomic E-state index is 13.8. The van der Waals surface area contributed by atoms with Crippen LogP contribution in [0.3, 0.4) is 0 Å². The van der Waals surface area contributed by atoms with E-state index in [4.69, 9.17) is 15.0 Å². The van der Waals surface area contributed by atoms with E-state index < -0.39 is 54.2 Å². The first-order chi connectivity index (χ1) is 22.8. The van der Waals surface area contributed by atoms with Crippen molar-refractivity contribution in [2.75, 3.05) is 0 Å². The molecule has 1 N–H and O–H groups in total. The van der Waals surface area contributed by atoms with Gasteiger partial charge in [0.15, 0.2) is 0 Å². The number of amides is 1. The number of aliphatic hydroxyl groups excluding tert-OH is 1. The van der Waals surface area contributed by atoms with Gasteiger partial charge in [0.05, 0.1) is 12.1 Å². The second-order valence-corrected chi connectivity index (χ2v) is 12.1. The summed E-state index contributed by atoms with van der Waals surface area (Å²) < 4.78 is 11.3. The molecule has 2 aromatic rings. The predicted molar refractivity (Wildman–Crippen MR) is 172 cm³/mol. The highest BCUT2D eigenvalue weighted by Crippen LogP contribution is 2.46. The van der Waals surface area contributed by atoms with Gasteiger partial charge in [-0.15, -0.1) is 0 Å². The first kappa shape index (κ1) is 34.9. The summed E-state index contributed by atoms with van der Waals surface area (Å²) in [4.78, 5) is 36.5. The molecule has 1 amide bonds. The Hall–Kier alpha value is -4.93. The second kappa shape index (κ2) is 17.1. The van der Waals surface area contributed by atoms with Gasteiger partial charge >= 0.3 is 12.1 Å². The van der Waals surface area contributed by atoms with Crippen molar-refractivity contribution in [1.29, 1.82) is 0 Å². The second-order valence-electron chi connectivity index (χ2n) is 12.1. The summed E-state index contributed by atoms with van der Waals surface area (Å²) in [7, 11) is 0. The van der Waals surface area contributed by atoms with Crippen LogP contribution >= 0.6 is 0 Å². The third-order valence-corrected chi connectivity index (χ3v) is 9.33. The molecule has 15 heteroatoms. The Kier molecular flexibility index (Phi) is 12.7. The van der Waals surface area contributed by atoms with E-state index in [1.165, 1.54) is 6.92 Å².